The zero-order valence-corrected chi connectivity index (χ0v) is 14.9. The van der Waals surface area contributed by atoms with Gasteiger partial charge in [-0.05, 0) is 73.7 Å². The van der Waals surface area contributed by atoms with Gasteiger partial charge < -0.3 is 5.11 Å². The number of carboxylic acids is 1. The topological polar surface area (TPSA) is 54.4 Å². The fraction of sp³-hybridized carbons (Fsp3) is 0.700. The molecule has 1 fully saturated rings. The summed E-state index contributed by atoms with van der Waals surface area (Å²) in [5.41, 5.74) is 2.34. The Labute approximate surface area is 139 Å². The normalized spacial score (nSPS) is 37.7. The Morgan fingerprint density at radius 1 is 1.39 bits per heavy atom. The van der Waals surface area contributed by atoms with Crippen LogP contribution in [0.2, 0.25) is 0 Å². The zero-order chi connectivity index (χ0) is 17.3. The molecule has 0 heterocycles. The fourth-order valence-electron chi connectivity index (χ4n) is 5.07. The van der Waals surface area contributed by atoms with E-state index >= 15 is 0 Å². The molecule has 0 aromatic rings. The van der Waals surface area contributed by atoms with Crippen LogP contribution in [-0.2, 0) is 9.59 Å². The molecule has 0 amide bonds. The van der Waals surface area contributed by atoms with Gasteiger partial charge in [0.25, 0.3) is 0 Å². The summed E-state index contributed by atoms with van der Waals surface area (Å²) in [6.07, 6.45) is 10.4. The van der Waals surface area contributed by atoms with Crippen molar-refractivity contribution >= 4 is 12.3 Å². The monoisotopic (exact) mass is 318 g/mol. The molecule has 0 aromatic heterocycles. The van der Waals surface area contributed by atoms with Crippen LogP contribution in [0.25, 0.3) is 0 Å². The van der Waals surface area contributed by atoms with Crippen molar-refractivity contribution in [3.8, 4) is 0 Å². The third-order valence-corrected chi connectivity index (χ3v) is 7.01. The number of aldehydes is 1. The lowest BCUT2D eigenvalue weighted by Crippen LogP contribution is -2.49. The number of hydrogen-bond acceptors (Lipinski definition) is 2. The molecule has 2 aliphatic carbocycles. The molecule has 0 spiro atoms. The first kappa shape index (κ1) is 18.0. The van der Waals surface area contributed by atoms with Crippen molar-refractivity contribution in [1.82, 2.24) is 0 Å². The summed E-state index contributed by atoms with van der Waals surface area (Å²) in [5, 5.41) is 8.89. The maximum absolute atomic E-state index is 11.2. The van der Waals surface area contributed by atoms with Gasteiger partial charge in [-0.1, -0.05) is 32.4 Å². The summed E-state index contributed by atoms with van der Waals surface area (Å²) in [6, 6.07) is 0. The highest BCUT2D eigenvalue weighted by atomic mass is 16.4. The van der Waals surface area contributed by atoms with Crippen molar-refractivity contribution < 1.29 is 14.7 Å². The first-order chi connectivity index (χ1) is 10.7. The second-order valence-corrected chi connectivity index (χ2v) is 8.06. The van der Waals surface area contributed by atoms with Crippen molar-refractivity contribution in [1.29, 1.82) is 0 Å². The Bertz CT molecular complexity index is 545. The Kier molecular flexibility index (Phi) is 5.17. The predicted molar refractivity (Wildman–Crippen MR) is 92.1 cm³/mol. The molecule has 1 N–H and O–H groups in total. The molecule has 0 unspecified atom stereocenters. The minimum absolute atomic E-state index is 0.156. The van der Waals surface area contributed by atoms with E-state index in [4.69, 9.17) is 5.11 Å². The molecule has 128 valence electrons. The molecule has 0 radical (unpaired) electrons. The molecule has 0 saturated heterocycles. The molecule has 1 saturated carbocycles. The molecule has 23 heavy (non-hydrogen) atoms. The molecule has 0 aliphatic heterocycles. The van der Waals surface area contributed by atoms with Gasteiger partial charge in [-0.3, -0.25) is 4.79 Å². The van der Waals surface area contributed by atoms with E-state index < -0.39 is 5.97 Å². The van der Waals surface area contributed by atoms with Crippen LogP contribution in [0, 0.1) is 22.7 Å². The zero-order valence-electron chi connectivity index (χ0n) is 14.9. The van der Waals surface area contributed by atoms with E-state index in [1.54, 1.807) is 0 Å². The van der Waals surface area contributed by atoms with Crippen LogP contribution in [0.15, 0.2) is 23.3 Å². The standard InChI is InChI=1S/C20H30O3/c1-14-6-5-7-17-19(14,3)10-8-15(2)20(17,4)11-9-16(13-21)12-18(22)23/h6,12-13,15,17H,5,7-11H2,1-4H3,(H,22,23)/b16-12-/t15-,17+,19+,20+/m1/s1. The third kappa shape index (κ3) is 3.29. The smallest absolute Gasteiger partial charge is 0.328 e. The molecule has 3 nitrogen and oxygen atoms in total. The first-order valence-electron chi connectivity index (χ1n) is 8.80. The Morgan fingerprint density at radius 2 is 2.09 bits per heavy atom. The number of aliphatic carboxylic acids is 1. The summed E-state index contributed by atoms with van der Waals surface area (Å²) < 4.78 is 0. The van der Waals surface area contributed by atoms with Crippen LogP contribution < -0.4 is 0 Å². The lowest BCUT2D eigenvalue weighted by molar-refractivity contribution is -0.131. The van der Waals surface area contributed by atoms with Gasteiger partial charge in [0.05, 0.1) is 0 Å². The highest BCUT2D eigenvalue weighted by Crippen LogP contribution is 2.61. The van der Waals surface area contributed by atoms with Crippen LogP contribution in [0.4, 0.5) is 0 Å². The lowest BCUT2D eigenvalue weighted by Gasteiger charge is -2.58. The maximum Gasteiger partial charge on any atom is 0.328 e. The van der Waals surface area contributed by atoms with E-state index in [1.165, 1.54) is 24.8 Å². The van der Waals surface area contributed by atoms with Crippen LogP contribution >= 0.6 is 0 Å². The number of carbonyl (C=O) groups excluding carboxylic acids is 1. The molecular weight excluding hydrogens is 288 g/mol. The molecule has 0 bridgehead atoms. The quantitative estimate of drug-likeness (QED) is 0.451. The Hall–Kier alpha value is -1.38. The van der Waals surface area contributed by atoms with Gasteiger partial charge in [0.1, 0.15) is 6.29 Å². The van der Waals surface area contributed by atoms with E-state index in [2.05, 4.69) is 33.8 Å². The van der Waals surface area contributed by atoms with Crippen LogP contribution in [-0.4, -0.2) is 17.4 Å². The number of carboxylic acid groups (broad SMARTS) is 1. The first-order valence-corrected chi connectivity index (χ1v) is 8.80. The molecule has 2 rings (SSSR count). The average molecular weight is 318 g/mol. The van der Waals surface area contributed by atoms with Crippen molar-refractivity contribution in [2.75, 3.05) is 0 Å². The van der Waals surface area contributed by atoms with E-state index in [0.29, 0.717) is 30.1 Å². The number of carbonyl (C=O) groups is 2. The SMILES string of the molecule is CC1=CCC[C@@H]2[C@@](C)(CC/C(C=O)=C/C(=O)O)[C@H](C)CC[C@@]12C. The second kappa shape index (κ2) is 6.62. The number of rotatable bonds is 5. The van der Waals surface area contributed by atoms with Crippen molar-refractivity contribution in [2.45, 2.75) is 66.2 Å². The van der Waals surface area contributed by atoms with E-state index in [0.717, 1.165) is 18.9 Å². The molecule has 3 heteroatoms. The number of hydrogen-bond donors (Lipinski definition) is 1. The van der Waals surface area contributed by atoms with Crippen LogP contribution in [0.3, 0.4) is 0 Å². The second-order valence-electron chi connectivity index (χ2n) is 8.06. The lowest BCUT2D eigenvalue weighted by atomic mass is 9.47. The molecular formula is C20H30O3. The van der Waals surface area contributed by atoms with Gasteiger partial charge in [0.2, 0.25) is 0 Å². The van der Waals surface area contributed by atoms with E-state index in [9.17, 15) is 9.59 Å². The molecule has 4 atom stereocenters. The summed E-state index contributed by atoms with van der Waals surface area (Å²) in [6.45, 7) is 9.36. The fourth-order valence-corrected chi connectivity index (χ4v) is 5.07. The highest BCUT2D eigenvalue weighted by molar-refractivity contribution is 5.88. The predicted octanol–water partition coefficient (Wildman–Crippen LogP) is 4.78. The third-order valence-electron chi connectivity index (χ3n) is 7.01. The minimum Gasteiger partial charge on any atom is -0.478 e. The number of allylic oxidation sites excluding steroid dienone is 3. The van der Waals surface area contributed by atoms with Crippen LogP contribution in [0.5, 0.6) is 0 Å². The summed E-state index contributed by atoms with van der Waals surface area (Å²) in [4.78, 5) is 22.0. The summed E-state index contributed by atoms with van der Waals surface area (Å²) in [7, 11) is 0. The van der Waals surface area contributed by atoms with Gasteiger partial charge in [0, 0.05) is 6.08 Å². The summed E-state index contributed by atoms with van der Waals surface area (Å²) >= 11 is 0. The van der Waals surface area contributed by atoms with Gasteiger partial charge >= 0.3 is 5.97 Å². The number of fused-ring (bicyclic) bond motifs is 1. The van der Waals surface area contributed by atoms with Gasteiger partial charge in [-0.15, -0.1) is 0 Å². The van der Waals surface area contributed by atoms with Crippen molar-refractivity contribution in [3.05, 3.63) is 23.3 Å². The maximum atomic E-state index is 11.2. The Balaban J connectivity index is 2.25. The van der Waals surface area contributed by atoms with E-state index in [1.807, 2.05) is 0 Å². The van der Waals surface area contributed by atoms with Crippen LogP contribution in [0.1, 0.15) is 66.2 Å². The largest absolute Gasteiger partial charge is 0.478 e. The van der Waals surface area contributed by atoms with Gasteiger partial charge in [0.15, 0.2) is 0 Å². The summed E-state index contributed by atoms with van der Waals surface area (Å²) in [5.74, 6) is 0.181. The average Bonchev–Trinajstić information content (AvgIpc) is 2.50. The highest BCUT2D eigenvalue weighted by Gasteiger charge is 2.52. The Morgan fingerprint density at radius 3 is 2.70 bits per heavy atom. The minimum atomic E-state index is -1.03. The molecule has 2 aliphatic rings. The van der Waals surface area contributed by atoms with E-state index in [-0.39, 0.29) is 10.8 Å². The van der Waals surface area contributed by atoms with Gasteiger partial charge in [-0.2, -0.15) is 0 Å². The van der Waals surface area contributed by atoms with Crippen molar-refractivity contribution in [2.24, 2.45) is 22.7 Å². The van der Waals surface area contributed by atoms with Gasteiger partial charge in [-0.25, -0.2) is 4.79 Å². The van der Waals surface area contributed by atoms with Crippen molar-refractivity contribution in [3.63, 3.8) is 0 Å². The molecule has 0 aromatic carbocycles.